The number of thiazole rings is 1. The number of anilines is 1. The van der Waals surface area contributed by atoms with Gasteiger partial charge in [-0.25, -0.2) is 9.19 Å². The molecule has 1 aromatic heterocycles. The molecule has 5 nitrogen and oxygen atoms in total. The van der Waals surface area contributed by atoms with Gasteiger partial charge in [0.2, 0.25) is 5.91 Å². The van der Waals surface area contributed by atoms with Crippen LogP contribution >= 0.6 is 11.3 Å². The van der Waals surface area contributed by atoms with E-state index in [1.54, 1.807) is 24.3 Å². The number of hydrogen-bond acceptors (Lipinski definition) is 4. The predicted molar refractivity (Wildman–Crippen MR) is 75.6 cm³/mol. The summed E-state index contributed by atoms with van der Waals surface area (Å²) in [6, 6.07) is 6.73. The molecular weight excluding hydrogens is 284 g/mol. The lowest BCUT2D eigenvalue weighted by Crippen LogP contribution is -2.04. The molecule has 0 bridgehead atoms. The van der Waals surface area contributed by atoms with E-state index in [-0.39, 0.29) is 5.91 Å². The van der Waals surface area contributed by atoms with Crippen LogP contribution in [0.5, 0.6) is 0 Å². The number of benzene rings is 1. The van der Waals surface area contributed by atoms with Crippen molar-refractivity contribution in [2.45, 2.75) is 18.7 Å². The number of rotatable bonds is 3. The maximum absolute atomic E-state index is 11.0. The van der Waals surface area contributed by atoms with Crippen LogP contribution in [-0.4, -0.2) is 19.7 Å². The van der Waals surface area contributed by atoms with Gasteiger partial charge in [0.1, 0.15) is 0 Å². The molecule has 1 amide bonds. The summed E-state index contributed by atoms with van der Waals surface area (Å²) in [6.07, 6.45) is 0. The smallest absolute Gasteiger partial charge is 0.223 e. The number of carbonyl (C=O) groups is 1. The molecule has 1 unspecified atom stereocenters. The molecule has 0 saturated carbocycles. The van der Waals surface area contributed by atoms with Gasteiger partial charge >= 0.3 is 0 Å². The van der Waals surface area contributed by atoms with Crippen molar-refractivity contribution in [3.05, 3.63) is 30.0 Å². The Balaban J connectivity index is 2.33. The van der Waals surface area contributed by atoms with E-state index in [2.05, 4.69) is 10.3 Å². The third kappa shape index (κ3) is 3.25. The number of amides is 1. The SMILES string of the molecule is CC(=O)Nc1nc(C)c(-c2ccc(S(=O)O)cc2)s1. The topological polar surface area (TPSA) is 79.3 Å². The third-order valence-corrected chi connectivity index (χ3v) is 4.20. The zero-order valence-corrected chi connectivity index (χ0v) is 12.0. The lowest BCUT2D eigenvalue weighted by molar-refractivity contribution is -0.114. The van der Waals surface area contributed by atoms with E-state index >= 15 is 0 Å². The van der Waals surface area contributed by atoms with Gasteiger partial charge in [-0.2, -0.15) is 0 Å². The van der Waals surface area contributed by atoms with E-state index in [9.17, 15) is 9.00 Å². The zero-order chi connectivity index (χ0) is 14.0. The van der Waals surface area contributed by atoms with Crippen LogP contribution in [0.1, 0.15) is 12.6 Å². The molecule has 19 heavy (non-hydrogen) atoms. The summed E-state index contributed by atoms with van der Waals surface area (Å²) < 4.78 is 19.9. The first-order valence-electron chi connectivity index (χ1n) is 5.43. The molecule has 100 valence electrons. The summed E-state index contributed by atoms with van der Waals surface area (Å²) in [6.45, 7) is 3.29. The molecule has 0 saturated heterocycles. The molecule has 0 fully saturated rings. The summed E-state index contributed by atoms with van der Waals surface area (Å²) in [5.74, 6) is -0.161. The van der Waals surface area contributed by atoms with E-state index in [0.29, 0.717) is 10.0 Å². The lowest BCUT2D eigenvalue weighted by atomic mass is 10.2. The lowest BCUT2D eigenvalue weighted by Gasteiger charge is -1.99. The van der Waals surface area contributed by atoms with Crippen molar-refractivity contribution in [1.29, 1.82) is 0 Å². The minimum absolute atomic E-state index is 0.161. The van der Waals surface area contributed by atoms with Gasteiger partial charge in [0.15, 0.2) is 16.2 Å². The van der Waals surface area contributed by atoms with Gasteiger partial charge in [0, 0.05) is 6.92 Å². The number of nitrogens with one attached hydrogen (secondary N) is 1. The summed E-state index contributed by atoms with van der Waals surface area (Å²) in [7, 11) is 0. The average molecular weight is 296 g/mol. The zero-order valence-electron chi connectivity index (χ0n) is 10.3. The minimum Gasteiger partial charge on any atom is -0.302 e. The second-order valence-electron chi connectivity index (χ2n) is 3.89. The number of aryl methyl sites for hydroxylation is 1. The van der Waals surface area contributed by atoms with Crippen LogP contribution in [-0.2, 0) is 15.9 Å². The first kappa shape index (κ1) is 13.9. The molecule has 0 aliphatic heterocycles. The van der Waals surface area contributed by atoms with Crippen molar-refractivity contribution in [2.75, 3.05) is 5.32 Å². The Morgan fingerprint density at radius 2 is 2.00 bits per heavy atom. The van der Waals surface area contributed by atoms with Crippen molar-refractivity contribution >= 4 is 33.5 Å². The molecule has 7 heteroatoms. The number of hydrogen-bond donors (Lipinski definition) is 2. The average Bonchev–Trinajstić information content (AvgIpc) is 2.69. The largest absolute Gasteiger partial charge is 0.302 e. The molecule has 0 aliphatic rings. The molecule has 2 aromatic rings. The van der Waals surface area contributed by atoms with Crippen LogP contribution in [0.25, 0.3) is 10.4 Å². The first-order valence-corrected chi connectivity index (χ1v) is 7.36. The van der Waals surface area contributed by atoms with E-state index < -0.39 is 11.1 Å². The van der Waals surface area contributed by atoms with Gasteiger partial charge in [0.25, 0.3) is 0 Å². The first-order chi connectivity index (χ1) is 8.97. The van der Waals surface area contributed by atoms with E-state index in [4.69, 9.17) is 4.55 Å². The monoisotopic (exact) mass is 296 g/mol. The maximum Gasteiger partial charge on any atom is 0.223 e. The van der Waals surface area contributed by atoms with Crippen LogP contribution in [0.4, 0.5) is 5.13 Å². The number of carbonyl (C=O) groups excluding carboxylic acids is 1. The minimum atomic E-state index is -1.97. The summed E-state index contributed by atoms with van der Waals surface area (Å²) in [5, 5.41) is 3.20. The molecule has 1 aromatic carbocycles. The summed E-state index contributed by atoms with van der Waals surface area (Å²) in [4.78, 5) is 16.5. The van der Waals surface area contributed by atoms with Crippen molar-refractivity contribution in [1.82, 2.24) is 4.98 Å². The Kier molecular flexibility index (Phi) is 4.08. The maximum atomic E-state index is 11.0. The van der Waals surface area contributed by atoms with Crippen molar-refractivity contribution < 1.29 is 13.6 Å². The molecular formula is C12H12N2O3S2. The van der Waals surface area contributed by atoms with Crippen LogP contribution in [0.15, 0.2) is 29.2 Å². The van der Waals surface area contributed by atoms with Crippen LogP contribution in [0.2, 0.25) is 0 Å². The molecule has 2 N–H and O–H groups in total. The van der Waals surface area contributed by atoms with E-state index in [0.717, 1.165) is 16.1 Å². The van der Waals surface area contributed by atoms with Crippen LogP contribution < -0.4 is 5.32 Å². The van der Waals surface area contributed by atoms with Gasteiger partial charge in [0.05, 0.1) is 15.5 Å². The van der Waals surface area contributed by atoms with Gasteiger partial charge < -0.3 is 9.87 Å². The summed E-state index contributed by atoms with van der Waals surface area (Å²) >= 11 is -0.597. The van der Waals surface area contributed by atoms with Gasteiger partial charge in [-0.1, -0.05) is 23.5 Å². The van der Waals surface area contributed by atoms with Gasteiger partial charge in [-0.05, 0) is 24.6 Å². The second-order valence-corrected chi connectivity index (χ2v) is 5.86. The Labute approximate surface area is 117 Å². The quantitative estimate of drug-likeness (QED) is 0.853. The van der Waals surface area contributed by atoms with Gasteiger partial charge in [-0.3, -0.25) is 4.79 Å². The highest BCUT2D eigenvalue weighted by molar-refractivity contribution is 7.79. The fourth-order valence-corrected chi connectivity index (χ4v) is 2.98. The molecule has 1 heterocycles. The molecule has 0 aliphatic carbocycles. The Morgan fingerprint density at radius 1 is 1.37 bits per heavy atom. The fraction of sp³-hybridized carbons (Fsp3) is 0.167. The Bertz CT molecular complexity index is 635. The van der Waals surface area contributed by atoms with Crippen LogP contribution in [0.3, 0.4) is 0 Å². The highest BCUT2D eigenvalue weighted by Gasteiger charge is 2.11. The summed E-state index contributed by atoms with van der Waals surface area (Å²) in [5.41, 5.74) is 1.72. The normalized spacial score (nSPS) is 12.2. The van der Waals surface area contributed by atoms with Crippen molar-refractivity contribution in [3.63, 3.8) is 0 Å². The number of aromatic nitrogens is 1. The fourth-order valence-electron chi connectivity index (χ4n) is 1.59. The molecule has 1 atom stereocenters. The Hall–Kier alpha value is -1.57. The highest BCUT2D eigenvalue weighted by atomic mass is 32.2. The second kappa shape index (κ2) is 5.60. The van der Waals surface area contributed by atoms with Gasteiger partial charge in [-0.15, -0.1) is 0 Å². The highest BCUT2D eigenvalue weighted by Crippen LogP contribution is 2.32. The standard InChI is InChI=1S/C12H12N2O3S2/c1-7-11(18-12(13-7)14-8(2)15)9-3-5-10(6-4-9)19(16)17/h3-6H,1-2H3,(H,16,17)(H,13,14,15). The van der Waals surface area contributed by atoms with E-state index in [1.807, 2.05) is 6.92 Å². The Morgan fingerprint density at radius 3 is 2.53 bits per heavy atom. The predicted octanol–water partition coefficient (Wildman–Crippen LogP) is 2.66. The molecule has 0 spiro atoms. The molecule has 0 radical (unpaired) electrons. The van der Waals surface area contributed by atoms with Crippen molar-refractivity contribution in [3.8, 4) is 10.4 Å². The van der Waals surface area contributed by atoms with Crippen LogP contribution in [0, 0.1) is 6.92 Å². The van der Waals surface area contributed by atoms with E-state index in [1.165, 1.54) is 18.3 Å². The third-order valence-electron chi connectivity index (χ3n) is 2.40. The van der Waals surface area contributed by atoms with Crippen molar-refractivity contribution in [2.24, 2.45) is 0 Å². The molecule has 2 rings (SSSR count). The number of nitrogens with zero attached hydrogens (tertiary/aromatic N) is 1.